The van der Waals surface area contributed by atoms with E-state index in [0.29, 0.717) is 5.92 Å². The Kier molecular flexibility index (Phi) is 3.33. The van der Waals surface area contributed by atoms with Crippen molar-refractivity contribution in [2.45, 2.75) is 46.5 Å². The lowest BCUT2D eigenvalue weighted by molar-refractivity contribution is -0.154. The molecule has 0 bridgehead atoms. The van der Waals surface area contributed by atoms with Gasteiger partial charge in [0.15, 0.2) is 0 Å². The smallest absolute Gasteiger partial charge is 0.313 e. The summed E-state index contributed by atoms with van der Waals surface area (Å²) >= 11 is 0. The van der Waals surface area contributed by atoms with Crippen molar-refractivity contribution >= 4 is 5.97 Å². The van der Waals surface area contributed by atoms with E-state index in [4.69, 9.17) is 4.74 Å². The second-order valence-electron chi connectivity index (χ2n) is 6.78. The average molecular weight is 249 g/mol. The van der Waals surface area contributed by atoms with Crippen LogP contribution in [0.4, 0.5) is 0 Å². The van der Waals surface area contributed by atoms with Gasteiger partial charge in [0, 0.05) is 0 Å². The van der Waals surface area contributed by atoms with Crippen LogP contribution in [0.15, 0.2) is 12.2 Å². The number of hydrogen-bond acceptors (Lipinski definition) is 2. The number of methoxy groups -OCH3 is 1. The van der Waals surface area contributed by atoms with E-state index in [2.05, 4.69) is 33.8 Å². The quantitative estimate of drug-likeness (QED) is 0.522. The molecule has 0 saturated heterocycles. The van der Waals surface area contributed by atoms with Crippen molar-refractivity contribution in [1.82, 2.24) is 0 Å². The summed E-state index contributed by atoms with van der Waals surface area (Å²) in [6, 6.07) is 0. The van der Waals surface area contributed by atoms with Crippen LogP contribution < -0.4 is 0 Å². The Hall–Kier alpha value is -0.790. The minimum absolute atomic E-state index is 0.0146. The van der Waals surface area contributed by atoms with E-state index >= 15 is 0 Å². The fourth-order valence-corrected chi connectivity index (χ4v) is 4.46. The molecule has 2 rings (SSSR count). The Morgan fingerprint density at radius 2 is 2.11 bits per heavy atom. The first kappa shape index (κ1) is 13.6. The van der Waals surface area contributed by atoms with Crippen LogP contribution in [0.5, 0.6) is 0 Å². The van der Waals surface area contributed by atoms with E-state index in [1.807, 2.05) is 0 Å². The molecule has 0 heterocycles. The predicted octanol–water partition coefficient (Wildman–Crippen LogP) is 3.77. The Labute approximate surface area is 111 Å². The van der Waals surface area contributed by atoms with Crippen LogP contribution in [-0.2, 0) is 9.53 Å². The minimum atomic E-state index is -0.116. The number of fused-ring (bicyclic) bond motifs is 1. The first-order chi connectivity index (χ1) is 8.33. The summed E-state index contributed by atoms with van der Waals surface area (Å²) in [6.45, 7) is 11.0. The van der Waals surface area contributed by atoms with Gasteiger partial charge in [-0.3, -0.25) is 4.79 Å². The summed E-state index contributed by atoms with van der Waals surface area (Å²) in [5, 5.41) is 0. The topological polar surface area (TPSA) is 26.3 Å². The fraction of sp³-hybridized carbons (Fsp3) is 0.750. The zero-order valence-corrected chi connectivity index (χ0v) is 12.1. The van der Waals surface area contributed by atoms with Crippen LogP contribution in [0.1, 0.15) is 46.5 Å². The minimum Gasteiger partial charge on any atom is -0.469 e. The van der Waals surface area contributed by atoms with Crippen LogP contribution in [0.3, 0.4) is 0 Å². The third kappa shape index (κ3) is 1.90. The molecule has 0 aliphatic heterocycles. The average Bonchev–Trinajstić information content (AvgIpc) is 2.26. The normalized spacial score (nSPS) is 39.0. The molecule has 2 aliphatic rings. The van der Waals surface area contributed by atoms with Crippen molar-refractivity contribution in [2.75, 3.05) is 7.11 Å². The van der Waals surface area contributed by atoms with Gasteiger partial charge in [-0.15, -0.1) is 0 Å². The zero-order valence-electron chi connectivity index (χ0n) is 12.1. The van der Waals surface area contributed by atoms with Gasteiger partial charge in [0.2, 0.25) is 0 Å². The van der Waals surface area contributed by atoms with Gasteiger partial charge in [-0.25, -0.2) is 0 Å². The van der Waals surface area contributed by atoms with Gasteiger partial charge in [0.25, 0.3) is 0 Å². The third-order valence-electron chi connectivity index (χ3n) is 5.31. The molecule has 101 valence electrons. The maximum absolute atomic E-state index is 12.2. The Morgan fingerprint density at radius 1 is 1.44 bits per heavy atom. The molecule has 1 radical (unpaired) electrons. The summed E-state index contributed by atoms with van der Waals surface area (Å²) in [5.74, 6) is 0.340. The lowest BCUT2D eigenvalue weighted by Gasteiger charge is -2.56. The third-order valence-corrected chi connectivity index (χ3v) is 5.31. The fourth-order valence-electron chi connectivity index (χ4n) is 4.46. The van der Waals surface area contributed by atoms with Crippen LogP contribution in [0.25, 0.3) is 0 Å². The van der Waals surface area contributed by atoms with Crippen molar-refractivity contribution in [2.24, 2.45) is 22.7 Å². The molecule has 2 nitrogen and oxygen atoms in total. The van der Waals surface area contributed by atoms with Crippen molar-refractivity contribution in [1.29, 1.82) is 0 Å². The molecule has 1 unspecified atom stereocenters. The van der Waals surface area contributed by atoms with E-state index in [1.54, 1.807) is 0 Å². The highest BCUT2D eigenvalue weighted by molar-refractivity contribution is 5.77. The van der Waals surface area contributed by atoms with Gasteiger partial charge >= 0.3 is 5.97 Å². The number of carbonyl (C=O) groups excluding carboxylic acids is 1. The molecular formula is C16H25O2. The molecule has 0 aromatic carbocycles. The van der Waals surface area contributed by atoms with Crippen LogP contribution in [0, 0.1) is 29.1 Å². The number of rotatable bonds is 1. The van der Waals surface area contributed by atoms with Crippen LogP contribution >= 0.6 is 0 Å². The summed E-state index contributed by atoms with van der Waals surface area (Å²) in [6.07, 6.45) is 6.69. The summed E-state index contributed by atoms with van der Waals surface area (Å²) in [5.41, 5.74) is 1.29. The Balaban J connectivity index is 2.40. The van der Waals surface area contributed by atoms with Gasteiger partial charge in [-0.2, -0.15) is 0 Å². The largest absolute Gasteiger partial charge is 0.469 e. The van der Waals surface area contributed by atoms with Crippen molar-refractivity contribution in [3.8, 4) is 0 Å². The number of esters is 1. The van der Waals surface area contributed by atoms with E-state index < -0.39 is 0 Å². The predicted molar refractivity (Wildman–Crippen MR) is 72.8 cm³/mol. The standard InChI is InChI=1S/C16H25O2/c1-11-7-8-12-15(2,3)9-6-10-16(12,4)13(11)14(17)18-5/h9,12-13H,1,6-8,10H2,2-5H3/t12-,13?,16-/m0/s1. The molecule has 18 heavy (non-hydrogen) atoms. The second-order valence-corrected chi connectivity index (χ2v) is 6.78. The molecule has 2 heteroatoms. The molecule has 2 fully saturated rings. The lowest BCUT2D eigenvalue weighted by atomic mass is 9.47. The molecule has 0 N–H and O–H groups in total. The van der Waals surface area contributed by atoms with Crippen molar-refractivity contribution in [3.05, 3.63) is 18.6 Å². The maximum atomic E-state index is 12.2. The van der Waals surface area contributed by atoms with Gasteiger partial charge < -0.3 is 4.74 Å². The van der Waals surface area contributed by atoms with Gasteiger partial charge in [0.05, 0.1) is 13.0 Å². The highest BCUT2D eigenvalue weighted by atomic mass is 16.5. The summed E-state index contributed by atoms with van der Waals surface area (Å²) in [7, 11) is 1.49. The van der Waals surface area contributed by atoms with Crippen molar-refractivity contribution < 1.29 is 9.53 Å². The number of ether oxygens (including phenoxy) is 1. The van der Waals surface area contributed by atoms with Gasteiger partial charge in [-0.05, 0) is 48.9 Å². The Morgan fingerprint density at radius 3 is 2.72 bits per heavy atom. The molecule has 2 aliphatic carbocycles. The van der Waals surface area contributed by atoms with Crippen LogP contribution in [0.2, 0.25) is 0 Å². The van der Waals surface area contributed by atoms with Crippen molar-refractivity contribution in [3.63, 3.8) is 0 Å². The summed E-state index contributed by atoms with van der Waals surface area (Å²) < 4.78 is 5.03. The molecule has 0 spiro atoms. The van der Waals surface area contributed by atoms with E-state index in [0.717, 1.165) is 31.3 Å². The Bertz CT molecular complexity index is 361. The molecule has 0 aromatic heterocycles. The van der Waals surface area contributed by atoms with E-state index in [1.165, 1.54) is 7.11 Å². The van der Waals surface area contributed by atoms with E-state index in [9.17, 15) is 4.79 Å². The highest BCUT2D eigenvalue weighted by Crippen LogP contribution is 2.60. The summed E-state index contributed by atoms with van der Waals surface area (Å²) in [4.78, 5) is 12.2. The van der Waals surface area contributed by atoms with E-state index in [-0.39, 0.29) is 22.7 Å². The molecule has 0 aromatic rings. The second kappa shape index (κ2) is 4.40. The maximum Gasteiger partial charge on any atom is 0.313 e. The highest BCUT2D eigenvalue weighted by Gasteiger charge is 2.55. The first-order valence-corrected chi connectivity index (χ1v) is 6.93. The monoisotopic (exact) mass is 249 g/mol. The number of hydrogen-bond donors (Lipinski definition) is 0. The van der Waals surface area contributed by atoms with Gasteiger partial charge in [0.1, 0.15) is 0 Å². The molecular weight excluding hydrogens is 224 g/mol. The molecule has 2 saturated carbocycles. The lowest BCUT2D eigenvalue weighted by Crippen LogP contribution is -2.52. The van der Waals surface area contributed by atoms with Gasteiger partial charge in [-0.1, -0.05) is 32.9 Å². The zero-order chi connectivity index (χ0) is 13.6. The van der Waals surface area contributed by atoms with Crippen LogP contribution in [-0.4, -0.2) is 13.1 Å². The number of carbonyl (C=O) groups is 1. The molecule has 0 amide bonds. The first-order valence-electron chi connectivity index (χ1n) is 6.93. The molecule has 3 atom stereocenters. The SMILES string of the molecule is C=C1CC[C@H]2C(C)(C)[CH]CC[C@]2(C)C1C(=O)OC.